The fourth-order valence-corrected chi connectivity index (χ4v) is 4.18. The van der Waals surface area contributed by atoms with Crippen molar-refractivity contribution < 1.29 is 18.3 Å². The summed E-state index contributed by atoms with van der Waals surface area (Å²) >= 11 is 0. The van der Waals surface area contributed by atoms with Crippen molar-refractivity contribution in [3.8, 4) is 5.75 Å². The van der Waals surface area contributed by atoms with Gasteiger partial charge in [0, 0.05) is 11.3 Å². The summed E-state index contributed by atoms with van der Waals surface area (Å²) in [6.45, 7) is 2.05. The predicted octanol–water partition coefficient (Wildman–Crippen LogP) is 6.27. The lowest BCUT2D eigenvalue weighted by Gasteiger charge is -2.43. The number of hydrogen-bond donors (Lipinski definition) is 1. The molecule has 0 radical (unpaired) electrons. The molecule has 0 bridgehead atoms. The van der Waals surface area contributed by atoms with Gasteiger partial charge in [0.15, 0.2) is 0 Å². The highest BCUT2D eigenvalue weighted by Crippen LogP contribution is 2.47. The number of carbonyl (C=O) groups excluding carboxylic acids is 1. The van der Waals surface area contributed by atoms with Crippen LogP contribution in [0, 0.1) is 18.6 Å². The summed E-state index contributed by atoms with van der Waals surface area (Å²) in [5, 5.41) is 2.57. The Balaban J connectivity index is 1.44. The van der Waals surface area contributed by atoms with Gasteiger partial charge in [-0.2, -0.15) is 0 Å². The quantitative estimate of drug-likeness (QED) is 0.545. The number of benzene rings is 3. The average Bonchev–Trinajstić information content (AvgIpc) is 2.72. The molecule has 0 aromatic heterocycles. The number of ether oxygens (including phenoxy) is 1. The minimum Gasteiger partial charge on any atom is -0.483 e. The van der Waals surface area contributed by atoms with Crippen LogP contribution in [0.3, 0.4) is 0 Å². The first-order chi connectivity index (χ1) is 14.9. The maximum atomic E-state index is 13.9. The number of halogens is 2. The lowest BCUT2D eigenvalue weighted by molar-refractivity contribution is 0.0376. The third-order valence-corrected chi connectivity index (χ3v) is 5.99. The maximum Gasteiger partial charge on any atom is 0.261 e. The summed E-state index contributed by atoms with van der Waals surface area (Å²) in [4.78, 5) is 12.4. The molecule has 1 saturated carbocycles. The van der Waals surface area contributed by atoms with Crippen molar-refractivity contribution in [1.82, 2.24) is 0 Å². The van der Waals surface area contributed by atoms with Crippen molar-refractivity contribution in [2.45, 2.75) is 31.8 Å². The molecule has 1 heterocycles. The molecular formula is C26H21F2NO2. The molecule has 3 nitrogen and oxygen atoms in total. The minimum atomic E-state index is -0.890. The first-order valence-corrected chi connectivity index (χ1v) is 10.3. The van der Waals surface area contributed by atoms with Crippen LogP contribution in [0.1, 0.15) is 46.3 Å². The van der Waals surface area contributed by atoms with Gasteiger partial charge in [-0.25, -0.2) is 8.78 Å². The number of hydrogen-bond acceptors (Lipinski definition) is 2. The normalized spacial score (nSPS) is 16.0. The Bertz CT molecular complexity index is 1190. The monoisotopic (exact) mass is 417 g/mol. The molecule has 0 unspecified atom stereocenters. The van der Waals surface area contributed by atoms with E-state index < -0.39 is 23.1 Å². The SMILES string of the molecule is Cc1ccc2c(c1)OC1(C=C2c2ccc(NC(=O)c3c(F)cccc3F)cc2)CCC1. The van der Waals surface area contributed by atoms with E-state index in [1.165, 1.54) is 6.07 Å². The van der Waals surface area contributed by atoms with Gasteiger partial charge in [0.05, 0.1) is 0 Å². The van der Waals surface area contributed by atoms with Gasteiger partial charge in [-0.3, -0.25) is 4.79 Å². The van der Waals surface area contributed by atoms with Crippen molar-refractivity contribution in [3.63, 3.8) is 0 Å². The Hall–Kier alpha value is -3.47. The van der Waals surface area contributed by atoms with Gasteiger partial charge in [0.1, 0.15) is 28.5 Å². The van der Waals surface area contributed by atoms with Crippen molar-refractivity contribution in [2.24, 2.45) is 0 Å². The fraction of sp³-hybridized carbons (Fsp3) is 0.192. The van der Waals surface area contributed by atoms with Crippen LogP contribution in [-0.4, -0.2) is 11.5 Å². The van der Waals surface area contributed by atoms with Crippen molar-refractivity contribution in [1.29, 1.82) is 0 Å². The average molecular weight is 417 g/mol. The minimum absolute atomic E-state index is 0.245. The van der Waals surface area contributed by atoms with Gasteiger partial charge >= 0.3 is 0 Å². The lowest BCUT2D eigenvalue weighted by atomic mass is 9.75. The molecule has 31 heavy (non-hydrogen) atoms. The zero-order chi connectivity index (χ0) is 21.6. The van der Waals surface area contributed by atoms with E-state index in [9.17, 15) is 13.6 Å². The predicted molar refractivity (Wildman–Crippen MR) is 116 cm³/mol. The Morgan fingerprint density at radius 3 is 2.35 bits per heavy atom. The summed E-state index contributed by atoms with van der Waals surface area (Å²) < 4.78 is 34.1. The molecule has 1 spiro atoms. The molecule has 1 amide bonds. The molecule has 3 aromatic carbocycles. The zero-order valence-electron chi connectivity index (χ0n) is 17.0. The number of amides is 1. The number of fused-ring (bicyclic) bond motifs is 1. The van der Waals surface area contributed by atoms with Crippen LogP contribution in [0.25, 0.3) is 5.57 Å². The number of carbonyl (C=O) groups is 1. The summed E-state index contributed by atoms with van der Waals surface area (Å²) in [5.74, 6) is -1.70. The van der Waals surface area contributed by atoms with Crippen LogP contribution in [0.4, 0.5) is 14.5 Å². The molecule has 5 heteroatoms. The maximum absolute atomic E-state index is 13.9. The van der Waals surface area contributed by atoms with E-state index in [1.807, 2.05) is 19.1 Å². The molecule has 5 rings (SSSR count). The Morgan fingerprint density at radius 1 is 1.00 bits per heavy atom. The molecule has 2 aliphatic rings. The fourth-order valence-electron chi connectivity index (χ4n) is 4.18. The van der Waals surface area contributed by atoms with Gasteiger partial charge in [0.2, 0.25) is 0 Å². The molecule has 156 valence electrons. The van der Waals surface area contributed by atoms with Crippen molar-refractivity contribution in [3.05, 3.63) is 101 Å². The second kappa shape index (κ2) is 7.34. The van der Waals surface area contributed by atoms with Crippen LogP contribution >= 0.6 is 0 Å². The third-order valence-electron chi connectivity index (χ3n) is 5.99. The van der Waals surface area contributed by atoms with Gasteiger partial charge in [-0.05, 0) is 79.3 Å². The largest absolute Gasteiger partial charge is 0.483 e. The van der Waals surface area contributed by atoms with Crippen LogP contribution in [-0.2, 0) is 0 Å². The van der Waals surface area contributed by atoms with Gasteiger partial charge in [0.25, 0.3) is 5.91 Å². The summed E-state index contributed by atoms with van der Waals surface area (Å²) in [6, 6.07) is 16.8. The second-order valence-electron chi connectivity index (χ2n) is 8.21. The van der Waals surface area contributed by atoms with E-state index in [2.05, 4.69) is 29.6 Å². The number of anilines is 1. The van der Waals surface area contributed by atoms with Crippen molar-refractivity contribution >= 4 is 17.2 Å². The molecule has 1 fully saturated rings. The van der Waals surface area contributed by atoms with Crippen molar-refractivity contribution in [2.75, 3.05) is 5.32 Å². The number of nitrogens with one attached hydrogen (secondary N) is 1. The van der Waals surface area contributed by atoms with E-state index >= 15 is 0 Å². The van der Waals surface area contributed by atoms with E-state index in [4.69, 9.17) is 4.74 Å². The molecule has 1 N–H and O–H groups in total. The zero-order valence-corrected chi connectivity index (χ0v) is 17.0. The summed E-state index contributed by atoms with van der Waals surface area (Å²) in [5.41, 5.74) is 3.90. The molecule has 0 atom stereocenters. The molecule has 0 saturated heterocycles. The van der Waals surface area contributed by atoms with Gasteiger partial charge in [-0.15, -0.1) is 0 Å². The third kappa shape index (κ3) is 3.50. The van der Waals surface area contributed by atoms with Crippen LogP contribution in [0.2, 0.25) is 0 Å². The van der Waals surface area contributed by atoms with E-state index in [0.29, 0.717) is 5.69 Å². The first-order valence-electron chi connectivity index (χ1n) is 10.3. The molecule has 1 aliphatic carbocycles. The highest BCUT2D eigenvalue weighted by molar-refractivity contribution is 6.04. The molecule has 3 aromatic rings. The smallest absolute Gasteiger partial charge is 0.261 e. The molecular weight excluding hydrogens is 396 g/mol. The Kier molecular flexibility index (Phi) is 4.62. The topological polar surface area (TPSA) is 38.3 Å². The second-order valence-corrected chi connectivity index (χ2v) is 8.21. The summed E-state index contributed by atoms with van der Waals surface area (Å²) in [7, 11) is 0. The van der Waals surface area contributed by atoms with E-state index in [1.54, 1.807) is 12.1 Å². The Morgan fingerprint density at radius 2 is 1.71 bits per heavy atom. The Labute approximate surface area is 179 Å². The van der Waals surface area contributed by atoms with Gasteiger partial charge < -0.3 is 10.1 Å². The molecule has 1 aliphatic heterocycles. The van der Waals surface area contributed by atoms with Gasteiger partial charge in [-0.1, -0.05) is 30.3 Å². The van der Waals surface area contributed by atoms with Crippen LogP contribution < -0.4 is 10.1 Å². The van der Waals surface area contributed by atoms with E-state index in [0.717, 1.165) is 59.4 Å². The van der Waals surface area contributed by atoms with Crippen LogP contribution in [0.5, 0.6) is 5.75 Å². The number of aryl methyl sites for hydroxylation is 1. The van der Waals surface area contributed by atoms with E-state index in [-0.39, 0.29) is 5.60 Å². The standard InChI is InChI=1S/C26H21F2NO2/c1-16-6-11-19-20(15-26(12-3-13-26)31-23(19)14-16)17-7-9-18(10-8-17)29-25(30)24-21(27)4-2-5-22(24)28/h2,4-11,14-15H,3,12-13H2,1H3,(H,29,30). The lowest BCUT2D eigenvalue weighted by Crippen LogP contribution is -2.43. The first kappa shape index (κ1) is 19.5. The summed E-state index contributed by atoms with van der Waals surface area (Å²) in [6.07, 6.45) is 5.33. The van der Waals surface area contributed by atoms with Crippen LogP contribution in [0.15, 0.2) is 66.7 Å². The highest BCUT2D eigenvalue weighted by atomic mass is 19.1. The highest BCUT2D eigenvalue weighted by Gasteiger charge is 2.41. The number of rotatable bonds is 3.